The number of fused-ring (bicyclic) bond motifs is 5. The van der Waals surface area contributed by atoms with Crippen LogP contribution in [0.15, 0.2) is 18.2 Å². The Morgan fingerprint density at radius 3 is 2.80 bits per heavy atom. The number of anilines is 1. The Morgan fingerprint density at radius 2 is 2.04 bits per heavy atom. The smallest absolute Gasteiger partial charge is 0.357 e. The van der Waals surface area contributed by atoms with Gasteiger partial charge in [-0.15, -0.1) is 0 Å². The predicted molar refractivity (Wildman–Crippen MR) is 92.6 cm³/mol. The molecule has 0 amide bonds. The zero-order valence-electron chi connectivity index (χ0n) is 14.2. The topological polar surface area (TPSA) is 92.7 Å². The van der Waals surface area contributed by atoms with Gasteiger partial charge in [0.2, 0.25) is 0 Å². The molecular formula is C18H23NO5S. The first-order valence-electron chi connectivity index (χ1n) is 8.85. The minimum atomic E-state index is -4.25. The molecule has 1 heterocycles. The van der Waals surface area contributed by atoms with Gasteiger partial charge in [-0.3, -0.25) is 14.1 Å². The molecule has 2 aliphatic carbocycles. The Kier molecular flexibility index (Phi) is 3.85. The first-order valence-corrected chi connectivity index (χ1v) is 10.3. The number of hydrogen-bond donors (Lipinski definition) is 2. The average Bonchev–Trinajstić information content (AvgIpc) is 2.51. The van der Waals surface area contributed by atoms with Crippen LogP contribution >= 0.6 is 0 Å². The molecule has 0 unspecified atom stereocenters. The SMILES string of the molecule is C[C@]12CC[C@@H]3c4ccc(NS(=O)(=O)O)cc4CC[C@H]3[C@@H]1CCC(=O)O2. The van der Waals surface area contributed by atoms with Gasteiger partial charge >= 0.3 is 16.3 Å². The van der Waals surface area contributed by atoms with E-state index >= 15 is 0 Å². The third-order valence-electron chi connectivity index (χ3n) is 6.31. The standard InChI is InChI=1S/C18H23NO5S/c1-18-9-8-14-13-5-3-12(19-25(21,22)23)10-11(13)2-4-15(14)16(18)6-7-17(20)24-18/h3,5,10,14-16,19H,2,4,6-9H2,1H3,(H,21,22,23)/t14-,15-,16+,18+/m1/s1. The van der Waals surface area contributed by atoms with Crippen molar-refractivity contribution >= 4 is 22.0 Å². The van der Waals surface area contributed by atoms with Crippen LogP contribution in [0.4, 0.5) is 5.69 Å². The van der Waals surface area contributed by atoms with Gasteiger partial charge in [0, 0.05) is 12.3 Å². The van der Waals surface area contributed by atoms with Crippen molar-refractivity contribution in [2.45, 2.75) is 57.0 Å². The Morgan fingerprint density at radius 1 is 1.24 bits per heavy atom. The molecule has 0 radical (unpaired) electrons. The van der Waals surface area contributed by atoms with Crippen molar-refractivity contribution in [1.29, 1.82) is 0 Å². The molecule has 4 atom stereocenters. The Hall–Kier alpha value is -1.60. The Balaban J connectivity index is 1.62. The molecule has 1 saturated heterocycles. The number of esters is 1. The summed E-state index contributed by atoms with van der Waals surface area (Å²) >= 11 is 0. The molecule has 25 heavy (non-hydrogen) atoms. The van der Waals surface area contributed by atoms with Gasteiger partial charge < -0.3 is 4.74 Å². The highest BCUT2D eigenvalue weighted by molar-refractivity contribution is 7.87. The zero-order chi connectivity index (χ0) is 17.8. The molecule has 0 bridgehead atoms. The maximum atomic E-state index is 11.7. The van der Waals surface area contributed by atoms with Crippen LogP contribution in [0.25, 0.3) is 0 Å². The number of rotatable bonds is 2. The highest BCUT2D eigenvalue weighted by Crippen LogP contribution is 2.55. The van der Waals surface area contributed by atoms with Crippen LogP contribution in [0.5, 0.6) is 0 Å². The molecule has 1 aliphatic heterocycles. The number of nitrogens with one attached hydrogen (secondary N) is 1. The number of aryl methyl sites for hydroxylation is 1. The van der Waals surface area contributed by atoms with Crippen LogP contribution in [-0.4, -0.2) is 24.5 Å². The average molecular weight is 365 g/mol. The van der Waals surface area contributed by atoms with Crippen molar-refractivity contribution in [3.05, 3.63) is 29.3 Å². The van der Waals surface area contributed by atoms with Crippen molar-refractivity contribution in [1.82, 2.24) is 0 Å². The second-order valence-electron chi connectivity index (χ2n) is 7.77. The number of ether oxygens (including phenoxy) is 1. The first-order chi connectivity index (χ1) is 11.8. The summed E-state index contributed by atoms with van der Waals surface area (Å²) in [7, 11) is -4.25. The summed E-state index contributed by atoms with van der Waals surface area (Å²) < 4.78 is 38.9. The van der Waals surface area contributed by atoms with Crippen molar-refractivity contribution in [3.63, 3.8) is 0 Å². The van der Waals surface area contributed by atoms with Crippen LogP contribution in [0.3, 0.4) is 0 Å². The quantitative estimate of drug-likeness (QED) is 0.621. The van der Waals surface area contributed by atoms with Crippen LogP contribution in [0.1, 0.15) is 56.1 Å². The van der Waals surface area contributed by atoms with Crippen molar-refractivity contribution in [3.8, 4) is 0 Å². The summed E-state index contributed by atoms with van der Waals surface area (Å²) in [5.74, 6) is 1.25. The van der Waals surface area contributed by atoms with Gasteiger partial charge in [0.1, 0.15) is 5.60 Å². The second kappa shape index (κ2) is 5.71. The lowest BCUT2D eigenvalue weighted by molar-refractivity contribution is -0.185. The maximum absolute atomic E-state index is 11.7. The van der Waals surface area contributed by atoms with Gasteiger partial charge in [-0.2, -0.15) is 8.42 Å². The van der Waals surface area contributed by atoms with E-state index in [1.165, 1.54) is 5.56 Å². The van der Waals surface area contributed by atoms with Crippen LogP contribution < -0.4 is 4.72 Å². The highest BCUT2D eigenvalue weighted by Gasteiger charge is 2.52. The monoisotopic (exact) mass is 365 g/mol. The second-order valence-corrected chi connectivity index (χ2v) is 8.92. The van der Waals surface area contributed by atoms with Gasteiger partial charge in [-0.25, -0.2) is 0 Å². The van der Waals surface area contributed by atoms with Gasteiger partial charge in [-0.1, -0.05) is 6.07 Å². The van der Waals surface area contributed by atoms with E-state index in [1.807, 2.05) is 12.1 Å². The van der Waals surface area contributed by atoms with E-state index in [0.29, 0.717) is 29.9 Å². The van der Waals surface area contributed by atoms with E-state index in [1.54, 1.807) is 6.07 Å². The van der Waals surface area contributed by atoms with Crippen LogP contribution in [0, 0.1) is 11.8 Å². The predicted octanol–water partition coefficient (Wildman–Crippen LogP) is 3.05. The van der Waals surface area contributed by atoms with Gasteiger partial charge in [-0.05, 0) is 74.1 Å². The molecule has 1 aromatic rings. The van der Waals surface area contributed by atoms with Gasteiger partial charge in [0.25, 0.3) is 0 Å². The van der Waals surface area contributed by atoms with E-state index in [9.17, 15) is 13.2 Å². The Bertz CT molecular complexity index is 821. The van der Waals surface area contributed by atoms with Crippen molar-refractivity contribution in [2.75, 3.05) is 4.72 Å². The largest absolute Gasteiger partial charge is 0.459 e. The molecule has 1 aromatic carbocycles. The molecule has 0 spiro atoms. The van der Waals surface area contributed by atoms with E-state index < -0.39 is 10.3 Å². The van der Waals surface area contributed by atoms with Gasteiger partial charge in [0.15, 0.2) is 0 Å². The van der Waals surface area contributed by atoms with E-state index in [2.05, 4.69) is 11.6 Å². The molecule has 0 aromatic heterocycles. The van der Waals surface area contributed by atoms with E-state index in [-0.39, 0.29) is 11.6 Å². The Labute approximate surface area is 147 Å². The minimum absolute atomic E-state index is 0.0747. The summed E-state index contributed by atoms with van der Waals surface area (Å²) in [6, 6.07) is 5.52. The van der Waals surface area contributed by atoms with Crippen molar-refractivity contribution in [2.24, 2.45) is 11.8 Å². The third-order valence-corrected chi connectivity index (χ3v) is 6.81. The minimum Gasteiger partial charge on any atom is -0.459 e. The zero-order valence-corrected chi connectivity index (χ0v) is 15.0. The molecule has 136 valence electrons. The molecular weight excluding hydrogens is 342 g/mol. The molecule has 3 aliphatic rings. The lowest BCUT2D eigenvalue weighted by Crippen LogP contribution is -2.52. The normalized spacial score (nSPS) is 34.3. The molecule has 4 rings (SSSR count). The molecule has 2 N–H and O–H groups in total. The molecule has 6 nitrogen and oxygen atoms in total. The number of benzene rings is 1. The lowest BCUT2D eigenvalue weighted by Gasteiger charge is -2.53. The fourth-order valence-electron chi connectivity index (χ4n) is 5.31. The number of carbonyl (C=O) groups is 1. The summed E-state index contributed by atoms with van der Waals surface area (Å²) in [6.07, 6.45) is 5.14. The first kappa shape index (κ1) is 16.8. The van der Waals surface area contributed by atoms with Crippen molar-refractivity contribution < 1.29 is 22.5 Å². The fraction of sp³-hybridized carbons (Fsp3) is 0.611. The maximum Gasteiger partial charge on any atom is 0.357 e. The van der Waals surface area contributed by atoms with Crippen LogP contribution in [0.2, 0.25) is 0 Å². The lowest BCUT2D eigenvalue weighted by atomic mass is 9.57. The molecule has 2 fully saturated rings. The fourth-order valence-corrected chi connectivity index (χ4v) is 5.74. The number of carbonyl (C=O) groups excluding carboxylic acids is 1. The van der Waals surface area contributed by atoms with E-state index in [4.69, 9.17) is 9.29 Å². The third kappa shape index (κ3) is 3.04. The summed E-state index contributed by atoms with van der Waals surface area (Å²) in [5.41, 5.74) is 2.48. The van der Waals surface area contributed by atoms with E-state index in [0.717, 1.165) is 37.7 Å². The molecule has 1 saturated carbocycles. The molecule has 7 heteroatoms. The summed E-state index contributed by atoms with van der Waals surface area (Å²) in [6.45, 7) is 2.08. The summed E-state index contributed by atoms with van der Waals surface area (Å²) in [5, 5.41) is 0. The number of hydrogen-bond acceptors (Lipinski definition) is 4. The van der Waals surface area contributed by atoms with Gasteiger partial charge in [0.05, 0.1) is 5.69 Å². The van der Waals surface area contributed by atoms with Crippen LogP contribution in [-0.2, 0) is 26.3 Å². The highest BCUT2D eigenvalue weighted by atomic mass is 32.2. The summed E-state index contributed by atoms with van der Waals surface area (Å²) in [4.78, 5) is 11.7.